The molecule has 3 aliphatic rings. The van der Waals surface area contributed by atoms with Crippen LogP contribution in [0.3, 0.4) is 0 Å². The zero-order valence-electron chi connectivity index (χ0n) is 39.3. The number of nitrogens with one attached hydrogen (secondary N) is 1. The quantitative estimate of drug-likeness (QED) is 0.156. The van der Waals surface area contributed by atoms with Crippen LogP contribution in [-0.4, -0.2) is 167 Å². The van der Waals surface area contributed by atoms with Gasteiger partial charge in [0.1, 0.15) is 36.3 Å². The molecule has 1 unspecified atom stereocenters. The Hall–Kier alpha value is -2.65. The summed E-state index contributed by atoms with van der Waals surface area (Å²) in [5, 5.41) is 61.7. The van der Waals surface area contributed by atoms with E-state index in [1.807, 2.05) is 56.3 Å². The molecule has 3 fully saturated rings. The normalized spacial score (nSPS) is 42.3. The van der Waals surface area contributed by atoms with E-state index in [1.54, 1.807) is 34.6 Å². The third-order valence-electron chi connectivity index (χ3n) is 13.5. The Morgan fingerprint density at radius 1 is 0.905 bits per heavy atom. The number of carbonyl (C=O) groups excluding carboxylic acids is 3. The lowest BCUT2D eigenvalue weighted by Gasteiger charge is -2.49. The van der Waals surface area contributed by atoms with Gasteiger partial charge < -0.3 is 68.9 Å². The number of amides is 1. The molecule has 1 amide bonds. The van der Waals surface area contributed by atoms with Crippen LogP contribution in [0.5, 0.6) is 0 Å². The van der Waals surface area contributed by atoms with Crippen LogP contribution in [0.4, 0.5) is 0 Å². The second kappa shape index (κ2) is 22.2. The highest BCUT2D eigenvalue weighted by atomic mass is 16.7. The van der Waals surface area contributed by atoms with Gasteiger partial charge in [0, 0.05) is 50.3 Å². The molecule has 3 heterocycles. The Kier molecular flexibility index (Phi) is 18.7. The molecule has 1 aromatic rings. The monoisotopic (exact) mass is 897 g/mol. The number of nitrogens with zero attached hydrogens (tertiary/aromatic N) is 1. The maximum absolute atomic E-state index is 14.6. The largest absolute Gasteiger partial charge is 0.459 e. The minimum absolute atomic E-state index is 0.0378. The highest BCUT2D eigenvalue weighted by Gasteiger charge is 2.53. The summed E-state index contributed by atoms with van der Waals surface area (Å²) in [6, 6.07) is 8.96. The number of hydrogen-bond donors (Lipinski definition) is 6. The Labute approximate surface area is 373 Å². The molecule has 17 heteroatoms. The lowest BCUT2D eigenvalue weighted by molar-refractivity contribution is -0.318. The number of Topliss-reactive ketones (excluding diaryl/α,β-unsaturated/α-hetero) is 1. The predicted molar refractivity (Wildman–Crippen MR) is 230 cm³/mol. The third kappa shape index (κ3) is 13.0. The molecule has 4 rings (SSSR count). The molecule has 0 radical (unpaired) electrons. The summed E-state index contributed by atoms with van der Waals surface area (Å²) in [6.07, 6.45) is -11.1. The van der Waals surface area contributed by atoms with Crippen LogP contribution >= 0.6 is 0 Å². The van der Waals surface area contributed by atoms with Crippen LogP contribution in [0, 0.1) is 23.7 Å². The molecular weight excluding hydrogens is 821 g/mol. The van der Waals surface area contributed by atoms with E-state index in [2.05, 4.69) is 5.32 Å². The summed E-state index contributed by atoms with van der Waals surface area (Å²) in [5.74, 6) is -6.07. The van der Waals surface area contributed by atoms with Gasteiger partial charge in [-0.1, -0.05) is 51.1 Å². The Bertz CT molecular complexity index is 1630. The number of benzene rings is 1. The number of cyclic esters (lactones) is 1. The van der Waals surface area contributed by atoms with Gasteiger partial charge in [-0.2, -0.15) is 0 Å². The minimum Gasteiger partial charge on any atom is -0.459 e. The van der Waals surface area contributed by atoms with Crippen LogP contribution < -0.4 is 5.32 Å². The van der Waals surface area contributed by atoms with Crippen molar-refractivity contribution in [3.8, 4) is 0 Å². The zero-order valence-corrected chi connectivity index (χ0v) is 39.3. The van der Waals surface area contributed by atoms with E-state index >= 15 is 0 Å². The summed E-state index contributed by atoms with van der Waals surface area (Å²) in [4.78, 5) is 43.4. The summed E-state index contributed by atoms with van der Waals surface area (Å²) < 4.78 is 43.1. The number of likely N-dealkylation sites (N-methyl/N-ethyl adjacent to an activating group) is 1. The van der Waals surface area contributed by atoms with E-state index in [4.69, 9.17) is 33.2 Å². The number of hydrogen-bond acceptors (Lipinski definition) is 16. The van der Waals surface area contributed by atoms with Crippen molar-refractivity contribution in [2.75, 3.05) is 34.4 Å². The van der Waals surface area contributed by atoms with Crippen LogP contribution in [0.25, 0.3) is 0 Å². The van der Waals surface area contributed by atoms with Gasteiger partial charge in [-0.25, -0.2) is 0 Å². The highest BCUT2D eigenvalue weighted by Crippen LogP contribution is 2.41. The molecule has 0 spiro atoms. The number of methoxy groups -OCH3 is 1. The number of aliphatic hydroxyl groups is 5. The second-order valence-corrected chi connectivity index (χ2v) is 19.2. The number of carbonyl (C=O) groups is 3. The molecule has 63 heavy (non-hydrogen) atoms. The topological polar surface area (TPSA) is 232 Å². The van der Waals surface area contributed by atoms with Gasteiger partial charge in [0.15, 0.2) is 12.6 Å². The number of rotatable bonds is 13. The van der Waals surface area contributed by atoms with E-state index in [0.717, 1.165) is 5.56 Å². The fourth-order valence-corrected chi connectivity index (χ4v) is 9.49. The smallest absolute Gasteiger partial charge is 0.311 e. The number of esters is 1. The van der Waals surface area contributed by atoms with Crippen molar-refractivity contribution < 1.29 is 73.1 Å². The first kappa shape index (κ1) is 53.0. The fourth-order valence-electron chi connectivity index (χ4n) is 9.49. The molecule has 3 aliphatic heterocycles. The van der Waals surface area contributed by atoms with Crippen molar-refractivity contribution in [1.29, 1.82) is 0 Å². The van der Waals surface area contributed by atoms with Gasteiger partial charge >= 0.3 is 5.97 Å². The number of ether oxygens (including phenoxy) is 7. The standard InChI is InChI=1S/C46H76N2O15/c1-25-21-44(7,55)41(63-43-37(51)32(48(10)11)20-26(2)59-43)28(4)38(62-35-22-45(8,57-12)40(53)30(6)60-35)29(5)42(54)61-33(46(9,56)39(52)27(3)36(25)50)18-19-47-34(49)24-58-23-31-16-14-13-15-17-31/h13-17,25-30,32-33,35,37-41,43,51-53,55-56H,18-24H2,1-12H3,(H,47,49)/t25-,26-,27+,28+,29-,30+,32+,33-,35+,37-,38?,39-,40+,41-,43+,44-,45-,46-/m1/s1. The number of aliphatic hydroxyl groups excluding tert-OH is 3. The summed E-state index contributed by atoms with van der Waals surface area (Å²) in [7, 11) is 5.13. The summed E-state index contributed by atoms with van der Waals surface area (Å²) in [5.41, 5.74) is -4.31. The first-order valence-electron chi connectivity index (χ1n) is 22.3. The predicted octanol–water partition coefficient (Wildman–Crippen LogP) is 2.10. The van der Waals surface area contributed by atoms with Crippen molar-refractivity contribution in [2.45, 2.75) is 179 Å². The third-order valence-corrected chi connectivity index (χ3v) is 13.5. The van der Waals surface area contributed by atoms with E-state index in [9.17, 15) is 39.9 Å². The molecule has 0 aliphatic carbocycles. The zero-order chi connectivity index (χ0) is 47.2. The average molecular weight is 897 g/mol. The van der Waals surface area contributed by atoms with Gasteiger partial charge in [-0.15, -0.1) is 0 Å². The molecule has 1 aromatic carbocycles. The van der Waals surface area contributed by atoms with Gasteiger partial charge in [0.2, 0.25) is 5.91 Å². The molecule has 6 N–H and O–H groups in total. The van der Waals surface area contributed by atoms with Crippen LogP contribution in [-0.2, 0) is 54.1 Å². The van der Waals surface area contributed by atoms with Crippen molar-refractivity contribution >= 4 is 17.7 Å². The minimum atomic E-state index is -2.22. The molecule has 17 nitrogen and oxygen atoms in total. The van der Waals surface area contributed by atoms with E-state index in [1.165, 1.54) is 27.9 Å². The van der Waals surface area contributed by atoms with Crippen LogP contribution in [0.15, 0.2) is 30.3 Å². The first-order chi connectivity index (χ1) is 29.3. The van der Waals surface area contributed by atoms with E-state index < -0.39 is 113 Å². The molecule has 360 valence electrons. The maximum atomic E-state index is 14.6. The SMILES string of the molecule is CO[C@]1(C)C[C@H](OC2[C@@H](C)C(=O)O[C@H](CCNC(=O)COCc3ccccc3)[C@@](C)(O)[C@H](O)[C@@H](C)C(=O)[C@H](C)C[C@@](C)(O)[C@H](O[C@@H]3O[C@H](C)C[C@H](N(C)C)[C@H]3O)[C@H]2C)O[C@@H](C)[C@@H]1O. The summed E-state index contributed by atoms with van der Waals surface area (Å²) in [6.45, 7) is 14.2. The summed E-state index contributed by atoms with van der Waals surface area (Å²) >= 11 is 0. The highest BCUT2D eigenvalue weighted by molar-refractivity contribution is 5.83. The molecule has 0 saturated carbocycles. The molecule has 0 aromatic heterocycles. The van der Waals surface area contributed by atoms with Crippen LogP contribution in [0.1, 0.15) is 93.6 Å². The Morgan fingerprint density at radius 2 is 1.56 bits per heavy atom. The van der Waals surface area contributed by atoms with Gasteiger partial charge in [0.05, 0.1) is 54.2 Å². The molecule has 0 bridgehead atoms. The van der Waals surface area contributed by atoms with Crippen molar-refractivity contribution in [2.24, 2.45) is 23.7 Å². The number of ketones is 1. The van der Waals surface area contributed by atoms with Crippen LogP contribution in [0.2, 0.25) is 0 Å². The van der Waals surface area contributed by atoms with Gasteiger partial charge in [-0.05, 0) is 74.0 Å². The van der Waals surface area contributed by atoms with Crippen molar-refractivity contribution in [3.63, 3.8) is 0 Å². The maximum Gasteiger partial charge on any atom is 0.311 e. The average Bonchev–Trinajstić information content (AvgIpc) is 3.22. The lowest BCUT2D eigenvalue weighted by atomic mass is 9.74. The van der Waals surface area contributed by atoms with Crippen molar-refractivity contribution in [1.82, 2.24) is 10.2 Å². The molecular formula is C46H76N2O15. The Morgan fingerprint density at radius 3 is 2.17 bits per heavy atom. The van der Waals surface area contributed by atoms with E-state index in [0.29, 0.717) is 6.42 Å². The first-order valence-corrected chi connectivity index (χ1v) is 22.3. The molecule has 18 atom stereocenters. The van der Waals surface area contributed by atoms with Gasteiger partial charge in [-0.3, -0.25) is 14.4 Å². The van der Waals surface area contributed by atoms with E-state index in [-0.39, 0.29) is 51.2 Å². The Balaban J connectivity index is 1.73. The molecule has 3 saturated heterocycles. The fraction of sp³-hybridized carbons (Fsp3) is 0.804. The van der Waals surface area contributed by atoms with Gasteiger partial charge in [0.25, 0.3) is 0 Å². The lowest BCUT2D eigenvalue weighted by Crippen LogP contribution is -2.61. The van der Waals surface area contributed by atoms with Crippen molar-refractivity contribution in [3.05, 3.63) is 35.9 Å². The second-order valence-electron chi connectivity index (χ2n) is 19.2.